The first-order chi connectivity index (χ1) is 10.9. The number of carboxylic acids is 1. The molecule has 5 nitrogen and oxygen atoms in total. The topological polar surface area (TPSA) is 86.6 Å². The number of nitrogens with one attached hydrogen (secondary N) is 1. The van der Waals surface area contributed by atoms with Crippen LogP contribution in [-0.4, -0.2) is 28.1 Å². The van der Waals surface area contributed by atoms with Crippen molar-refractivity contribution in [2.75, 3.05) is 0 Å². The van der Waals surface area contributed by atoms with Crippen LogP contribution in [0.2, 0.25) is 0 Å². The molecule has 3 N–H and O–H groups in total. The van der Waals surface area contributed by atoms with Crippen LogP contribution in [-0.2, 0) is 9.59 Å². The second-order valence-electron chi connectivity index (χ2n) is 5.60. The van der Waals surface area contributed by atoms with Crippen LogP contribution >= 0.6 is 0 Å². The van der Waals surface area contributed by atoms with Gasteiger partial charge in [0.2, 0.25) is 5.91 Å². The molecule has 0 unspecified atom stereocenters. The van der Waals surface area contributed by atoms with Crippen molar-refractivity contribution in [1.82, 2.24) is 5.32 Å². The van der Waals surface area contributed by atoms with Gasteiger partial charge in [-0.05, 0) is 17.9 Å². The fraction of sp³-hybridized carbons (Fsp3) is 0.333. The summed E-state index contributed by atoms with van der Waals surface area (Å²) in [6, 6.07) is 6.96. The number of hydrogen-bond donors (Lipinski definition) is 3. The third kappa shape index (κ3) is 6.93. The Balaban J connectivity index is 2.66. The molecule has 0 radical (unpaired) electrons. The Morgan fingerprint density at radius 1 is 1.17 bits per heavy atom. The normalized spacial score (nSPS) is 14.3. The molecular weight excluding hydrogens is 294 g/mol. The highest BCUT2D eigenvalue weighted by Crippen LogP contribution is 2.16. The Hall–Kier alpha value is -2.40. The summed E-state index contributed by atoms with van der Waals surface area (Å²) in [5, 5.41) is 21.7. The minimum atomic E-state index is -1.41. The molecule has 5 heteroatoms. The summed E-state index contributed by atoms with van der Waals surface area (Å²) >= 11 is 0. The van der Waals surface area contributed by atoms with Gasteiger partial charge in [0.15, 0.2) is 6.04 Å². The maximum absolute atomic E-state index is 11.8. The fourth-order valence-electron chi connectivity index (χ4n) is 1.89. The van der Waals surface area contributed by atoms with E-state index >= 15 is 0 Å². The van der Waals surface area contributed by atoms with Gasteiger partial charge < -0.3 is 15.5 Å². The number of carboxylic acid groups (broad SMARTS) is 1. The molecule has 124 valence electrons. The van der Waals surface area contributed by atoms with Crippen molar-refractivity contribution >= 4 is 11.9 Å². The molecule has 0 aliphatic rings. The number of benzene rings is 1. The maximum atomic E-state index is 11.8. The predicted octanol–water partition coefficient (Wildman–Crippen LogP) is 2.45. The molecule has 0 saturated heterocycles. The summed E-state index contributed by atoms with van der Waals surface area (Å²) in [6.07, 6.45) is 6.04. The first-order valence-corrected chi connectivity index (χ1v) is 7.51. The van der Waals surface area contributed by atoms with E-state index in [4.69, 9.17) is 0 Å². The summed E-state index contributed by atoms with van der Waals surface area (Å²) in [6.45, 7) is 4.17. The maximum Gasteiger partial charge on any atom is 0.329 e. The number of aliphatic carboxylic acids is 1. The average Bonchev–Trinajstić information content (AvgIpc) is 2.52. The molecule has 0 aromatic heterocycles. The molecule has 0 aliphatic heterocycles. The number of carbonyl (C=O) groups is 2. The number of rotatable bonds is 8. The van der Waals surface area contributed by atoms with Crippen molar-refractivity contribution in [2.24, 2.45) is 5.92 Å². The monoisotopic (exact) mass is 317 g/mol. The minimum Gasteiger partial charge on any atom is -0.480 e. The number of aliphatic hydroxyl groups excluding tert-OH is 1. The Morgan fingerprint density at radius 2 is 1.83 bits per heavy atom. The van der Waals surface area contributed by atoms with Crippen molar-refractivity contribution in [2.45, 2.75) is 32.4 Å². The molecule has 1 aromatic carbocycles. The molecule has 0 aliphatic carbocycles. The summed E-state index contributed by atoms with van der Waals surface area (Å²) in [5.41, 5.74) is 0.431. The van der Waals surface area contributed by atoms with Crippen LogP contribution < -0.4 is 5.32 Å². The summed E-state index contributed by atoms with van der Waals surface area (Å²) < 4.78 is 0. The third-order valence-corrected chi connectivity index (χ3v) is 3.12. The Morgan fingerprint density at radius 3 is 2.39 bits per heavy atom. The molecule has 0 heterocycles. The van der Waals surface area contributed by atoms with Crippen molar-refractivity contribution in [1.29, 1.82) is 0 Å². The fourth-order valence-corrected chi connectivity index (χ4v) is 1.89. The van der Waals surface area contributed by atoms with Gasteiger partial charge in [-0.3, -0.25) is 4.79 Å². The number of aliphatic hydroxyl groups is 1. The largest absolute Gasteiger partial charge is 0.480 e. The van der Waals surface area contributed by atoms with Crippen molar-refractivity contribution in [3.8, 4) is 0 Å². The second kappa shape index (κ2) is 9.58. The van der Waals surface area contributed by atoms with Crippen LogP contribution in [0.4, 0.5) is 0 Å². The van der Waals surface area contributed by atoms with Gasteiger partial charge in [0.25, 0.3) is 0 Å². The minimum absolute atomic E-state index is 0.431. The van der Waals surface area contributed by atoms with Crippen LogP contribution in [0.15, 0.2) is 54.6 Å². The first-order valence-electron chi connectivity index (χ1n) is 7.51. The number of carbonyl (C=O) groups excluding carboxylic acids is 1. The van der Waals surface area contributed by atoms with E-state index in [1.165, 1.54) is 6.08 Å². The zero-order valence-corrected chi connectivity index (χ0v) is 13.3. The van der Waals surface area contributed by atoms with E-state index in [0.29, 0.717) is 11.5 Å². The first kappa shape index (κ1) is 18.6. The Kier molecular flexibility index (Phi) is 7.77. The Labute approximate surface area is 136 Å². The SMILES string of the molecule is CC(C)C/C=C/C=C/C(=O)N[C@H](C(=O)O)[C@H](O)c1ccccc1. The lowest BCUT2D eigenvalue weighted by Crippen LogP contribution is -2.44. The molecule has 0 spiro atoms. The second-order valence-corrected chi connectivity index (χ2v) is 5.60. The standard InChI is InChI=1S/C18H23NO4/c1-13(2)9-5-3-8-12-15(20)19-16(18(22)23)17(21)14-10-6-4-7-11-14/h3-8,10-13,16-17,21H,9H2,1-2H3,(H,19,20)(H,22,23)/b5-3+,12-8+/t16-,17+/m0/s1. The highest BCUT2D eigenvalue weighted by Gasteiger charge is 2.28. The van der Waals surface area contributed by atoms with Crippen LogP contribution in [0, 0.1) is 5.92 Å². The van der Waals surface area contributed by atoms with Crippen molar-refractivity contribution in [3.63, 3.8) is 0 Å². The van der Waals surface area contributed by atoms with E-state index in [2.05, 4.69) is 19.2 Å². The molecule has 1 aromatic rings. The smallest absolute Gasteiger partial charge is 0.329 e. The predicted molar refractivity (Wildman–Crippen MR) is 88.7 cm³/mol. The van der Waals surface area contributed by atoms with Crippen LogP contribution in [0.25, 0.3) is 0 Å². The highest BCUT2D eigenvalue weighted by molar-refractivity contribution is 5.91. The van der Waals surface area contributed by atoms with Crippen LogP contribution in [0.5, 0.6) is 0 Å². The van der Waals surface area contributed by atoms with Crippen LogP contribution in [0.1, 0.15) is 31.9 Å². The van der Waals surface area contributed by atoms with E-state index in [-0.39, 0.29) is 0 Å². The van der Waals surface area contributed by atoms with Gasteiger partial charge in [-0.25, -0.2) is 4.79 Å². The van der Waals surface area contributed by atoms with Gasteiger partial charge in [0.1, 0.15) is 6.10 Å². The highest BCUT2D eigenvalue weighted by atomic mass is 16.4. The van der Waals surface area contributed by atoms with Gasteiger partial charge in [0, 0.05) is 6.08 Å². The van der Waals surface area contributed by atoms with Gasteiger partial charge >= 0.3 is 5.97 Å². The summed E-state index contributed by atoms with van der Waals surface area (Å²) in [7, 11) is 0. The molecule has 0 saturated carbocycles. The van der Waals surface area contributed by atoms with E-state index < -0.39 is 24.0 Å². The average molecular weight is 317 g/mol. The van der Waals surface area contributed by atoms with Gasteiger partial charge in [-0.15, -0.1) is 0 Å². The lowest BCUT2D eigenvalue weighted by atomic mass is 10.0. The zero-order chi connectivity index (χ0) is 17.2. The number of amides is 1. The molecule has 2 atom stereocenters. The number of allylic oxidation sites excluding steroid dienone is 3. The lowest BCUT2D eigenvalue weighted by Gasteiger charge is -2.20. The summed E-state index contributed by atoms with van der Waals surface area (Å²) in [5.74, 6) is -1.33. The molecule has 0 fully saturated rings. The Bertz CT molecular complexity index is 564. The summed E-state index contributed by atoms with van der Waals surface area (Å²) in [4.78, 5) is 23.1. The van der Waals surface area contributed by atoms with Crippen LogP contribution in [0.3, 0.4) is 0 Å². The molecular formula is C18H23NO4. The van der Waals surface area contributed by atoms with E-state index in [0.717, 1.165) is 6.42 Å². The third-order valence-electron chi connectivity index (χ3n) is 3.12. The van der Waals surface area contributed by atoms with Crippen molar-refractivity contribution in [3.05, 3.63) is 60.2 Å². The molecule has 1 amide bonds. The van der Waals surface area contributed by atoms with E-state index in [1.54, 1.807) is 42.5 Å². The van der Waals surface area contributed by atoms with Crippen molar-refractivity contribution < 1.29 is 19.8 Å². The van der Waals surface area contributed by atoms with E-state index in [9.17, 15) is 19.8 Å². The molecule has 0 bridgehead atoms. The molecule has 1 rings (SSSR count). The quantitative estimate of drug-likeness (QED) is 0.508. The lowest BCUT2D eigenvalue weighted by molar-refractivity contribution is -0.144. The molecule has 23 heavy (non-hydrogen) atoms. The van der Waals surface area contributed by atoms with Gasteiger partial charge in [-0.2, -0.15) is 0 Å². The van der Waals surface area contributed by atoms with E-state index in [1.807, 2.05) is 6.08 Å². The zero-order valence-electron chi connectivity index (χ0n) is 13.3. The van der Waals surface area contributed by atoms with Gasteiger partial charge in [0.05, 0.1) is 0 Å². The van der Waals surface area contributed by atoms with Gasteiger partial charge in [-0.1, -0.05) is 62.4 Å². The number of hydrogen-bond acceptors (Lipinski definition) is 3.